The van der Waals surface area contributed by atoms with Crippen LogP contribution < -0.4 is 20.5 Å². The Balaban J connectivity index is 1.31. The number of ether oxygens (including phenoxy) is 2. The second-order valence-electron chi connectivity index (χ2n) is 7.88. The smallest absolute Gasteiger partial charge is 0.395 e. The molecule has 2 saturated heterocycles. The molecule has 3 aliphatic heterocycles. The molecule has 0 spiro atoms. The first-order valence-corrected chi connectivity index (χ1v) is 9.63. The van der Waals surface area contributed by atoms with E-state index in [-0.39, 0.29) is 23.0 Å². The number of likely N-dealkylation sites (tertiary alicyclic amines) is 1. The average Bonchev–Trinajstić information content (AvgIpc) is 3.40. The number of nitrogens with zero attached hydrogens (tertiary/aromatic N) is 5. The number of fused-ring (bicyclic) bond motifs is 6. The third kappa shape index (κ3) is 2.68. The van der Waals surface area contributed by atoms with Gasteiger partial charge in [-0.25, -0.2) is 9.97 Å². The van der Waals surface area contributed by atoms with E-state index < -0.39 is 6.29 Å². The predicted octanol–water partition coefficient (Wildman–Crippen LogP) is 0.875. The molecule has 5 heterocycles. The first-order chi connectivity index (χ1) is 14.0. The molecule has 2 aromatic heterocycles. The van der Waals surface area contributed by atoms with Crippen LogP contribution >= 0.6 is 0 Å². The number of hydrogen-bond acceptors (Lipinski definition) is 8. The quantitative estimate of drug-likeness (QED) is 0.664. The molecular formula is C18H19F2N7O2. The predicted molar refractivity (Wildman–Crippen MR) is 98.9 cm³/mol. The van der Waals surface area contributed by atoms with Crippen molar-refractivity contribution in [2.24, 2.45) is 11.8 Å². The van der Waals surface area contributed by atoms with Gasteiger partial charge in [0.05, 0.1) is 0 Å². The van der Waals surface area contributed by atoms with E-state index in [1.54, 1.807) is 6.07 Å². The largest absolute Gasteiger partial charge is 0.586 e. The number of halogens is 2. The molecule has 11 heteroatoms. The Labute approximate surface area is 163 Å². The summed E-state index contributed by atoms with van der Waals surface area (Å²) in [6.07, 6.45) is -3.04. The summed E-state index contributed by atoms with van der Waals surface area (Å²) in [6, 6.07) is 3.04. The summed E-state index contributed by atoms with van der Waals surface area (Å²) >= 11 is 0. The fraction of sp³-hybridized carbons (Fsp3) is 0.500. The first kappa shape index (κ1) is 17.1. The van der Waals surface area contributed by atoms with Gasteiger partial charge in [0.1, 0.15) is 5.52 Å². The lowest BCUT2D eigenvalue weighted by atomic mass is 10.0. The molecule has 0 bridgehead atoms. The lowest BCUT2D eigenvalue weighted by molar-refractivity contribution is -0.286. The van der Waals surface area contributed by atoms with Crippen LogP contribution in [0.4, 0.5) is 14.7 Å². The number of rotatable bonds is 3. The number of nitrogens with two attached hydrogens (primary N) is 1. The fourth-order valence-corrected chi connectivity index (χ4v) is 4.64. The van der Waals surface area contributed by atoms with Crippen molar-refractivity contribution in [2.75, 3.05) is 38.5 Å². The number of nitrogens with one attached hydrogen (secondary N) is 1. The molecule has 1 unspecified atom stereocenters. The van der Waals surface area contributed by atoms with Crippen LogP contribution in [-0.2, 0) is 6.42 Å². The van der Waals surface area contributed by atoms with Gasteiger partial charge in [-0.15, -0.1) is 13.9 Å². The first-order valence-electron chi connectivity index (χ1n) is 9.63. The summed E-state index contributed by atoms with van der Waals surface area (Å²) in [4.78, 5) is 11.3. The number of hydrogen-bond donors (Lipinski definition) is 2. The van der Waals surface area contributed by atoms with Gasteiger partial charge in [-0.3, -0.25) is 0 Å². The molecule has 29 heavy (non-hydrogen) atoms. The van der Waals surface area contributed by atoms with Crippen molar-refractivity contribution in [3.05, 3.63) is 18.0 Å². The molecule has 152 valence electrons. The summed E-state index contributed by atoms with van der Waals surface area (Å²) in [5.41, 5.74) is 6.67. The number of nitrogen functional groups attached to an aromatic ring is 1. The number of aromatic nitrogens is 4. The monoisotopic (exact) mass is 403 g/mol. The van der Waals surface area contributed by atoms with Gasteiger partial charge >= 0.3 is 6.29 Å². The molecule has 0 aliphatic carbocycles. The molecule has 0 saturated carbocycles. The van der Waals surface area contributed by atoms with E-state index in [0.29, 0.717) is 23.3 Å². The summed E-state index contributed by atoms with van der Waals surface area (Å²) in [5, 5.41) is 8.44. The molecule has 1 aromatic carbocycles. The van der Waals surface area contributed by atoms with E-state index in [2.05, 4.69) is 34.8 Å². The van der Waals surface area contributed by atoms with Crippen molar-refractivity contribution >= 4 is 22.5 Å². The normalized spacial score (nSPS) is 25.3. The molecule has 6 rings (SSSR count). The molecule has 3 aliphatic rings. The van der Waals surface area contributed by atoms with Crippen LogP contribution in [0.25, 0.3) is 16.6 Å². The van der Waals surface area contributed by atoms with Crippen LogP contribution in [0, 0.1) is 11.8 Å². The Morgan fingerprint density at radius 3 is 2.76 bits per heavy atom. The van der Waals surface area contributed by atoms with Crippen LogP contribution in [0.1, 0.15) is 5.82 Å². The van der Waals surface area contributed by atoms with Crippen LogP contribution in [0.15, 0.2) is 12.1 Å². The highest BCUT2D eigenvalue weighted by molar-refractivity contribution is 5.97. The van der Waals surface area contributed by atoms with E-state index in [1.807, 2.05) is 0 Å². The highest BCUT2D eigenvalue weighted by atomic mass is 19.3. The third-order valence-electron chi connectivity index (χ3n) is 6.00. The van der Waals surface area contributed by atoms with E-state index in [9.17, 15) is 8.78 Å². The Kier molecular flexibility index (Phi) is 3.46. The van der Waals surface area contributed by atoms with Gasteiger partial charge in [-0.1, -0.05) is 0 Å². The Morgan fingerprint density at radius 2 is 1.97 bits per heavy atom. The lowest BCUT2D eigenvalue weighted by Gasteiger charge is -2.15. The van der Waals surface area contributed by atoms with E-state index in [1.165, 1.54) is 10.6 Å². The molecular weight excluding hydrogens is 384 g/mol. The standard InChI is InChI=1S/C18H19F2N7O2/c19-18(20)28-12-2-1-11-14(15(12)29-18)24-17(21)27-16(11)23-13(25-27)3-4-26-7-9-5-22-6-10(9)8-26/h1-2,9-10,22H,3-8H2,(H2,21,24)/t9-,10?/m0/s1. The SMILES string of the molecule is Nc1nc2c3c(ccc2c2nc(CCN4CC5CNC[C@H]5C4)nn12)OC(F)(F)O3. The van der Waals surface area contributed by atoms with Crippen molar-refractivity contribution in [3.8, 4) is 11.5 Å². The molecule has 2 atom stereocenters. The maximum absolute atomic E-state index is 13.5. The average molecular weight is 403 g/mol. The van der Waals surface area contributed by atoms with Crippen LogP contribution in [0.2, 0.25) is 0 Å². The summed E-state index contributed by atoms with van der Waals surface area (Å²) in [7, 11) is 0. The fourth-order valence-electron chi connectivity index (χ4n) is 4.64. The zero-order valence-electron chi connectivity index (χ0n) is 15.4. The van der Waals surface area contributed by atoms with E-state index in [0.717, 1.165) is 44.6 Å². The second-order valence-corrected chi connectivity index (χ2v) is 7.88. The highest BCUT2D eigenvalue weighted by Gasteiger charge is 2.45. The van der Waals surface area contributed by atoms with Gasteiger partial charge in [0.2, 0.25) is 5.95 Å². The van der Waals surface area contributed by atoms with Crippen molar-refractivity contribution in [3.63, 3.8) is 0 Å². The van der Waals surface area contributed by atoms with E-state index in [4.69, 9.17) is 5.73 Å². The minimum absolute atomic E-state index is 0.0558. The van der Waals surface area contributed by atoms with Crippen LogP contribution in [0.5, 0.6) is 11.5 Å². The van der Waals surface area contributed by atoms with Crippen molar-refractivity contribution in [2.45, 2.75) is 12.7 Å². The third-order valence-corrected chi connectivity index (χ3v) is 6.00. The Morgan fingerprint density at radius 1 is 1.17 bits per heavy atom. The molecule has 0 radical (unpaired) electrons. The van der Waals surface area contributed by atoms with Crippen LogP contribution in [0.3, 0.4) is 0 Å². The highest BCUT2D eigenvalue weighted by Crippen LogP contribution is 2.45. The topological polar surface area (TPSA) is 103 Å². The maximum Gasteiger partial charge on any atom is 0.586 e. The Hall–Kier alpha value is -2.79. The van der Waals surface area contributed by atoms with Gasteiger partial charge in [-0.05, 0) is 37.1 Å². The second kappa shape index (κ2) is 5.86. The molecule has 3 N–H and O–H groups in total. The van der Waals surface area contributed by atoms with Crippen molar-refractivity contribution < 1.29 is 18.3 Å². The van der Waals surface area contributed by atoms with Gasteiger partial charge in [0.25, 0.3) is 0 Å². The lowest BCUT2D eigenvalue weighted by Crippen LogP contribution is -2.27. The minimum atomic E-state index is -3.72. The van der Waals surface area contributed by atoms with Gasteiger partial charge in [-0.2, -0.15) is 4.52 Å². The van der Waals surface area contributed by atoms with Gasteiger partial charge < -0.3 is 25.4 Å². The van der Waals surface area contributed by atoms with Crippen molar-refractivity contribution in [1.82, 2.24) is 29.8 Å². The molecule has 3 aromatic rings. The Bertz CT molecular complexity index is 1120. The van der Waals surface area contributed by atoms with Crippen LogP contribution in [-0.4, -0.2) is 63.5 Å². The summed E-state index contributed by atoms with van der Waals surface area (Å²) in [5.74, 6) is 1.95. The minimum Gasteiger partial charge on any atom is -0.395 e. The van der Waals surface area contributed by atoms with Gasteiger partial charge in [0, 0.05) is 31.4 Å². The summed E-state index contributed by atoms with van der Waals surface area (Å²) < 4.78 is 37.5. The van der Waals surface area contributed by atoms with Gasteiger partial charge in [0.15, 0.2) is 23.0 Å². The zero-order valence-corrected chi connectivity index (χ0v) is 15.4. The maximum atomic E-state index is 13.5. The molecule has 2 fully saturated rings. The zero-order chi connectivity index (χ0) is 19.8. The molecule has 0 amide bonds. The number of anilines is 1. The van der Waals surface area contributed by atoms with E-state index >= 15 is 0 Å². The molecule has 9 nitrogen and oxygen atoms in total. The number of alkyl halides is 2. The van der Waals surface area contributed by atoms with Crippen molar-refractivity contribution in [1.29, 1.82) is 0 Å². The summed E-state index contributed by atoms with van der Waals surface area (Å²) in [6.45, 7) is 5.24. The number of benzene rings is 1.